The van der Waals surface area contributed by atoms with Gasteiger partial charge in [-0.3, -0.25) is 4.79 Å². The van der Waals surface area contributed by atoms with Crippen LogP contribution in [-0.4, -0.2) is 11.1 Å². The van der Waals surface area contributed by atoms with Gasteiger partial charge >= 0.3 is 0 Å². The van der Waals surface area contributed by atoms with E-state index in [1.165, 1.54) is 6.92 Å². The lowest BCUT2D eigenvalue weighted by Gasteiger charge is -1.95. The van der Waals surface area contributed by atoms with Gasteiger partial charge in [0.25, 0.3) is 0 Å². The fourth-order valence-corrected chi connectivity index (χ4v) is 1.49. The molecule has 1 amide bonds. The van der Waals surface area contributed by atoms with Gasteiger partial charge in [0.1, 0.15) is 5.69 Å². The minimum Gasteiger partial charge on any atom is -0.359 e. The van der Waals surface area contributed by atoms with Crippen LogP contribution in [0.4, 0.5) is 0 Å². The molecule has 4 nitrogen and oxygen atoms in total. The zero-order chi connectivity index (χ0) is 12.3. The molecule has 0 spiro atoms. The molecule has 1 N–H and O–H groups in total. The first-order chi connectivity index (χ1) is 8.15. The number of aromatic nitrogens is 1. The maximum atomic E-state index is 10.7. The third kappa shape index (κ3) is 3.07. The van der Waals surface area contributed by atoms with Crippen molar-refractivity contribution in [2.75, 3.05) is 0 Å². The molecule has 0 unspecified atom stereocenters. The number of hydrogen-bond donors (Lipinski definition) is 1. The highest BCUT2D eigenvalue weighted by atomic mass is 35.5. The molecule has 0 atom stereocenters. The predicted molar refractivity (Wildman–Crippen MR) is 64.5 cm³/mol. The summed E-state index contributed by atoms with van der Waals surface area (Å²) in [7, 11) is 0. The van der Waals surface area contributed by atoms with Crippen LogP contribution in [0.3, 0.4) is 0 Å². The topological polar surface area (TPSA) is 55.1 Å². The van der Waals surface area contributed by atoms with E-state index in [0.29, 0.717) is 17.3 Å². The average molecular weight is 251 g/mol. The molecule has 0 radical (unpaired) electrons. The van der Waals surface area contributed by atoms with Crippen molar-refractivity contribution in [2.24, 2.45) is 0 Å². The van der Waals surface area contributed by atoms with Gasteiger partial charge in [-0.25, -0.2) is 0 Å². The largest absolute Gasteiger partial charge is 0.359 e. The van der Waals surface area contributed by atoms with Crippen LogP contribution < -0.4 is 5.32 Å². The lowest BCUT2D eigenvalue weighted by molar-refractivity contribution is -0.119. The van der Waals surface area contributed by atoms with E-state index in [4.69, 9.17) is 16.1 Å². The molecule has 1 aromatic heterocycles. The van der Waals surface area contributed by atoms with Crippen LogP contribution in [0.15, 0.2) is 34.9 Å². The molecule has 0 bridgehead atoms. The SMILES string of the molecule is CC(=O)NCc1cc(-c2ccc(Cl)cc2)no1. The Hall–Kier alpha value is -1.81. The van der Waals surface area contributed by atoms with Crippen LogP contribution in [0.2, 0.25) is 5.02 Å². The van der Waals surface area contributed by atoms with Gasteiger partial charge in [-0.15, -0.1) is 0 Å². The quantitative estimate of drug-likeness (QED) is 0.911. The molecule has 1 aromatic carbocycles. The van der Waals surface area contributed by atoms with Crippen LogP contribution >= 0.6 is 11.6 Å². The Balaban J connectivity index is 2.12. The monoisotopic (exact) mass is 250 g/mol. The number of rotatable bonds is 3. The molecular weight excluding hydrogens is 240 g/mol. The maximum Gasteiger partial charge on any atom is 0.217 e. The molecule has 0 aliphatic heterocycles. The number of amides is 1. The first-order valence-electron chi connectivity index (χ1n) is 5.11. The highest BCUT2D eigenvalue weighted by Crippen LogP contribution is 2.21. The van der Waals surface area contributed by atoms with Gasteiger partial charge < -0.3 is 9.84 Å². The molecule has 5 heteroatoms. The van der Waals surface area contributed by atoms with Gasteiger partial charge in [-0.05, 0) is 12.1 Å². The zero-order valence-corrected chi connectivity index (χ0v) is 9.99. The first-order valence-corrected chi connectivity index (χ1v) is 5.49. The van der Waals surface area contributed by atoms with E-state index in [1.54, 1.807) is 18.2 Å². The molecule has 0 saturated carbocycles. The van der Waals surface area contributed by atoms with Gasteiger partial charge in [0.2, 0.25) is 5.91 Å². The molecule has 0 aliphatic carbocycles. The number of halogens is 1. The van der Waals surface area contributed by atoms with E-state index in [2.05, 4.69) is 10.5 Å². The Labute approximate surface area is 104 Å². The van der Waals surface area contributed by atoms with Crippen molar-refractivity contribution >= 4 is 17.5 Å². The van der Waals surface area contributed by atoms with Crippen LogP contribution in [0.1, 0.15) is 12.7 Å². The van der Waals surface area contributed by atoms with E-state index in [-0.39, 0.29) is 5.91 Å². The summed E-state index contributed by atoms with van der Waals surface area (Å²) in [4.78, 5) is 10.7. The van der Waals surface area contributed by atoms with Crippen molar-refractivity contribution in [3.8, 4) is 11.3 Å². The second-order valence-electron chi connectivity index (χ2n) is 3.60. The molecule has 0 fully saturated rings. The second kappa shape index (κ2) is 5.01. The lowest BCUT2D eigenvalue weighted by Crippen LogP contribution is -2.18. The minimum atomic E-state index is -0.102. The summed E-state index contributed by atoms with van der Waals surface area (Å²) in [6, 6.07) is 9.10. The first kappa shape index (κ1) is 11.7. The average Bonchev–Trinajstić information content (AvgIpc) is 2.76. The highest BCUT2D eigenvalue weighted by Gasteiger charge is 2.06. The number of benzene rings is 1. The fourth-order valence-electron chi connectivity index (χ4n) is 1.36. The summed E-state index contributed by atoms with van der Waals surface area (Å²) < 4.78 is 5.10. The summed E-state index contributed by atoms with van der Waals surface area (Å²) in [5, 5.41) is 7.24. The van der Waals surface area contributed by atoms with Crippen molar-refractivity contribution in [1.29, 1.82) is 0 Å². The molecule has 0 saturated heterocycles. The third-order valence-electron chi connectivity index (χ3n) is 2.21. The molecule has 17 heavy (non-hydrogen) atoms. The molecule has 88 valence electrons. The van der Waals surface area contributed by atoms with Gasteiger partial charge in [-0.2, -0.15) is 0 Å². The Kier molecular flexibility index (Phi) is 3.44. The van der Waals surface area contributed by atoms with E-state index in [0.717, 1.165) is 11.3 Å². The van der Waals surface area contributed by atoms with Crippen molar-refractivity contribution in [3.63, 3.8) is 0 Å². The van der Waals surface area contributed by atoms with Crippen molar-refractivity contribution in [1.82, 2.24) is 10.5 Å². The van der Waals surface area contributed by atoms with E-state index in [1.807, 2.05) is 12.1 Å². The number of hydrogen-bond acceptors (Lipinski definition) is 3. The van der Waals surface area contributed by atoms with Crippen LogP contribution in [0.5, 0.6) is 0 Å². The smallest absolute Gasteiger partial charge is 0.217 e. The molecule has 0 aliphatic rings. The number of nitrogens with one attached hydrogen (secondary N) is 1. The number of nitrogens with zero attached hydrogens (tertiary/aromatic N) is 1. The normalized spacial score (nSPS) is 10.2. The van der Waals surface area contributed by atoms with Gasteiger partial charge in [0, 0.05) is 23.6 Å². The Bertz CT molecular complexity index is 520. The summed E-state index contributed by atoms with van der Waals surface area (Å²) in [5.74, 6) is 0.514. The molecule has 2 rings (SSSR count). The summed E-state index contributed by atoms with van der Waals surface area (Å²) in [6.45, 7) is 1.80. The highest BCUT2D eigenvalue weighted by molar-refractivity contribution is 6.30. The third-order valence-corrected chi connectivity index (χ3v) is 2.46. The predicted octanol–water partition coefficient (Wildman–Crippen LogP) is 2.63. The van der Waals surface area contributed by atoms with Crippen molar-refractivity contribution in [2.45, 2.75) is 13.5 Å². The van der Waals surface area contributed by atoms with E-state index in [9.17, 15) is 4.79 Å². The summed E-state index contributed by atoms with van der Waals surface area (Å²) in [5.41, 5.74) is 1.65. The van der Waals surface area contributed by atoms with Crippen LogP contribution in [-0.2, 0) is 11.3 Å². The number of carbonyl (C=O) groups is 1. The van der Waals surface area contributed by atoms with Gasteiger partial charge in [0.15, 0.2) is 5.76 Å². The maximum absolute atomic E-state index is 10.7. The Morgan fingerprint density at radius 1 is 1.41 bits per heavy atom. The lowest BCUT2D eigenvalue weighted by atomic mass is 10.1. The van der Waals surface area contributed by atoms with Crippen LogP contribution in [0.25, 0.3) is 11.3 Å². The molecular formula is C12H11ClN2O2. The van der Waals surface area contributed by atoms with Gasteiger partial charge in [-0.1, -0.05) is 28.9 Å². The van der Waals surface area contributed by atoms with Crippen molar-refractivity contribution in [3.05, 3.63) is 41.1 Å². The number of carbonyl (C=O) groups excluding carboxylic acids is 1. The minimum absolute atomic E-state index is 0.102. The molecule has 2 aromatic rings. The fraction of sp³-hybridized carbons (Fsp3) is 0.167. The summed E-state index contributed by atoms with van der Waals surface area (Å²) in [6.07, 6.45) is 0. The second-order valence-corrected chi connectivity index (χ2v) is 4.03. The standard InChI is InChI=1S/C12H11ClN2O2/c1-8(16)14-7-11-6-12(15-17-11)9-2-4-10(13)5-3-9/h2-6H,7H2,1H3,(H,14,16). The van der Waals surface area contributed by atoms with Crippen LogP contribution in [0, 0.1) is 0 Å². The van der Waals surface area contributed by atoms with Gasteiger partial charge in [0.05, 0.1) is 6.54 Å². The zero-order valence-electron chi connectivity index (χ0n) is 9.24. The van der Waals surface area contributed by atoms with E-state index < -0.39 is 0 Å². The molecule has 1 heterocycles. The Morgan fingerprint density at radius 2 is 2.12 bits per heavy atom. The summed E-state index contributed by atoms with van der Waals surface area (Å²) >= 11 is 5.80. The Morgan fingerprint density at radius 3 is 2.76 bits per heavy atom. The van der Waals surface area contributed by atoms with E-state index >= 15 is 0 Å². The van der Waals surface area contributed by atoms with Crippen molar-refractivity contribution < 1.29 is 9.32 Å².